The predicted molar refractivity (Wildman–Crippen MR) is 78.0 cm³/mol. The number of Topliss-reactive ketones (excluding diaryl/α,β-unsaturated/α-hetero) is 1. The third-order valence-electron chi connectivity index (χ3n) is 3.27. The van der Waals surface area contributed by atoms with Gasteiger partial charge in [-0.1, -0.05) is 23.7 Å². The van der Waals surface area contributed by atoms with Gasteiger partial charge >= 0.3 is 0 Å². The van der Waals surface area contributed by atoms with Gasteiger partial charge in [0.15, 0.2) is 5.78 Å². The molecule has 0 saturated carbocycles. The summed E-state index contributed by atoms with van der Waals surface area (Å²) < 4.78 is 1.93. The number of benzene rings is 1. The van der Waals surface area contributed by atoms with E-state index in [1.807, 2.05) is 35.9 Å². The number of carbonyl (C=O) groups excluding carboxylic acids is 1. The van der Waals surface area contributed by atoms with E-state index in [0.29, 0.717) is 10.6 Å². The summed E-state index contributed by atoms with van der Waals surface area (Å²) in [6.07, 6.45) is 3.26. The van der Waals surface area contributed by atoms with E-state index in [0.717, 1.165) is 16.9 Å². The fourth-order valence-corrected chi connectivity index (χ4v) is 2.42. The van der Waals surface area contributed by atoms with Crippen LogP contribution >= 0.6 is 11.6 Å². The van der Waals surface area contributed by atoms with Crippen molar-refractivity contribution in [1.82, 2.24) is 14.5 Å². The van der Waals surface area contributed by atoms with Crippen LogP contribution in [0.3, 0.4) is 0 Å². The fraction of sp³-hybridized carbons (Fsp3) is 0.133. The number of hydrogen-bond acceptors (Lipinski definition) is 3. The van der Waals surface area contributed by atoms with Crippen LogP contribution in [0.25, 0.3) is 11.0 Å². The Kier molecular flexibility index (Phi) is 3.24. The highest BCUT2D eigenvalue weighted by molar-refractivity contribution is 6.33. The lowest BCUT2D eigenvalue weighted by Crippen LogP contribution is -2.09. The fourth-order valence-electron chi connectivity index (χ4n) is 2.19. The van der Waals surface area contributed by atoms with Gasteiger partial charge in [-0.25, -0.2) is 4.98 Å². The van der Waals surface area contributed by atoms with Crippen LogP contribution in [-0.4, -0.2) is 20.3 Å². The van der Waals surface area contributed by atoms with Crippen LogP contribution in [0.15, 0.2) is 42.7 Å². The summed E-state index contributed by atoms with van der Waals surface area (Å²) in [5, 5.41) is 0.372. The molecule has 0 N–H and O–H groups in total. The molecule has 2 heterocycles. The zero-order valence-electron chi connectivity index (χ0n) is 10.9. The maximum absolute atomic E-state index is 12.3. The quantitative estimate of drug-likeness (QED) is 0.695. The van der Waals surface area contributed by atoms with Gasteiger partial charge in [0.25, 0.3) is 0 Å². The minimum atomic E-state index is -0.0594. The molecule has 100 valence electrons. The lowest BCUT2D eigenvalue weighted by Gasteiger charge is -2.03. The number of hydrogen-bond donors (Lipinski definition) is 0. The molecule has 0 bridgehead atoms. The second-order valence-corrected chi connectivity index (χ2v) is 4.94. The maximum Gasteiger partial charge on any atom is 0.171 e. The summed E-state index contributed by atoms with van der Waals surface area (Å²) in [6, 6.07) is 9.43. The molecule has 4 nitrogen and oxygen atoms in total. The summed E-state index contributed by atoms with van der Waals surface area (Å²) >= 11 is 5.99. The molecule has 2 aromatic heterocycles. The number of aromatic nitrogens is 3. The smallest absolute Gasteiger partial charge is 0.171 e. The topological polar surface area (TPSA) is 47.8 Å². The number of carbonyl (C=O) groups is 1. The Morgan fingerprint density at radius 3 is 2.85 bits per heavy atom. The SMILES string of the molecule is Cn1c(CC(=O)c2ccncc2Cl)nc2ccccc21. The average Bonchev–Trinajstić information content (AvgIpc) is 2.76. The van der Waals surface area contributed by atoms with E-state index < -0.39 is 0 Å². The van der Waals surface area contributed by atoms with Gasteiger partial charge in [0.05, 0.1) is 22.5 Å². The molecule has 0 unspecified atom stereocenters. The van der Waals surface area contributed by atoms with Gasteiger partial charge in [-0.3, -0.25) is 9.78 Å². The lowest BCUT2D eigenvalue weighted by molar-refractivity contribution is 0.0990. The molecule has 0 aliphatic carbocycles. The van der Waals surface area contributed by atoms with Crippen LogP contribution in [0.2, 0.25) is 5.02 Å². The van der Waals surface area contributed by atoms with Crippen LogP contribution in [0, 0.1) is 0 Å². The van der Waals surface area contributed by atoms with Crippen molar-refractivity contribution in [3.8, 4) is 0 Å². The summed E-state index contributed by atoms with van der Waals surface area (Å²) in [6.45, 7) is 0. The van der Waals surface area contributed by atoms with Crippen molar-refractivity contribution in [3.05, 3.63) is 59.1 Å². The van der Waals surface area contributed by atoms with Crippen LogP contribution in [0.1, 0.15) is 16.2 Å². The van der Waals surface area contributed by atoms with Crippen molar-refractivity contribution >= 4 is 28.4 Å². The largest absolute Gasteiger partial charge is 0.331 e. The number of rotatable bonds is 3. The van der Waals surface area contributed by atoms with Gasteiger partial charge in [-0.05, 0) is 18.2 Å². The number of imidazole rings is 1. The van der Waals surface area contributed by atoms with Gasteiger partial charge in [0.1, 0.15) is 5.82 Å². The lowest BCUT2D eigenvalue weighted by atomic mass is 10.1. The minimum Gasteiger partial charge on any atom is -0.331 e. The summed E-state index contributed by atoms with van der Waals surface area (Å²) in [5.74, 6) is 0.667. The Labute approximate surface area is 121 Å². The maximum atomic E-state index is 12.3. The molecule has 0 fully saturated rings. The second kappa shape index (κ2) is 5.06. The van der Waals surface area contributed by atoms with Crippen molar-refractivity contribution in [2.45, 2.75) is 6.42 Å². The van der Waals surface area contributed by atoms with Crippen LogP contribution in [-0.2, 0) is 13.5 Å². The number of nitrogens with zero attached hydrogens (tertiary/aromatic N) is 3. The second-order valence-electron chi connectivity index (χ2n) is 4.53. The van der Waals surface area contributed by atoms with Crippen molar-refractivity contribution in [1.29, 1.82) is 0 Å². The molecular weight excluding hydrogens is 274 g/mol. The Balaban J connectivity index is 1.96. The molecule has 5 heteroatoms. The number of pyridine rings is 1. The number of aryl methyl sites for hydroxylation is 1. The molecular formula is C15H12ClN3O. The molecule has 0 amide bonds. The van der Waals surface area contributed by atoms with Crippen molar-refractivity contribution in [2.75, 3.05) is 0 Å². The Bertz CT molecular complexity index is 795. The monoisotopic (exact) mass is 285 g/mol. The molecule has 0 spiro atoms. The van der Waals surface area contributed by atoms with Gasteiger partial charge < -0.3 is 4.57 Å². The van der Waals surface area contributed by atoms with E-state index in [1.165, 1.54) is 6.20 Å². The number of ketones is 1. The van der Waals surface area contributed by atoms with Gasteiger partial charge in [-0.2, -0.15) is 0 Å². The highest BCUT2D eigenvalue weighted by Gasteiger charge is 2.15. The van der Waals surface area contributed by atoms with Crippen LogP contribution in [0.5, 0.6) is 0 Å². The first-order valence-electron chi connectivity index (χ1n) is 6.20. The van der Waals surface area contributed by atoms with Crippen molar-refractivity contribution < 1.29 is 4.79 Å². The van der Waals surface area contributed by atoms with Crippen LogP contribution in [0.4, 0.5) is 0 Å². The first-order chi connectivity index (χ1) is 9.66. The number of fused-ring (bicyclic) bond motifs is 1. The van der Waals surface area contributed by atoms with E-state index in [2.05, 4.69) is 9.97 Å². The third kappa shape index (κ3) is 2.18. The standard InChI is InChI=1S/C15H12ClN3O/c1-19-13-5-3-2-4-12(13)18-15(19)8-14(20)10-6-7-17-9-11(10)16/h2-7,9H,8H2,1H3. The minimum absolute atomic E-state index is 0.0594. The van der Waals surface area contributed by atoms with Crippen molar-refractivity contribution in [2.24, 2.45) is 7.05 Å². The van der Waals surface area contributed by atoms with Crippen LogP contribution < -0.4 is 0 Å². The highest BCUT2D eigenvalue weighted by Crippen LogP contribution is 2.18. The van der Waals surface area contributed by atoms with E-state index in [9.17, 15) is 4.79 Å². The summed E-state index contributed by atoms with van der Waals surface area (Å²) in [4.78, 5) is 20.7. The normalized spacial score (nSPS) is 10.9. The van der Waals surface area contributed by atoms with Gasteiger partial charge in [-0.15, -0.1) is 0 Å². The first kappa shape index (κ1) is 12.8. The molecule has 20 heavy (non-hydrogen) atoms. The van der Waals surface area contributed by atoms with E-state index in [4.69, 9.17) is 11.6 Å². The molecule has 3 aromatic rings. The van der Waals surface area contributed by atoms with E-state index >= 15 is 0 Å². The van der Waals surface area contributed by atoms with Gasteiger partial charge in [0, 0.05) is 25.0 Å². The molecule has 0 saturated heterocycles. The van der Waals surface area contributed by atoms with E-state index in [-0.39, 0.29) is 12.2 Å². The Morgan fingerprint density at radius 1 is 1.30 bits per heavy atom. The molecule has 1 aromatic carbocycles. The molecule has 0 radical (unpaired) electrons. The average molecular weight is 286 g/mol. The summed E-state index contributed by atoms with van der Waals surface area (Å²) in [7, 11) is 1.91. The Hall–Kier alpha value is -2.20. The zero-order chi connectivity index (χ0) is 14.1. The third-order valence-corrected chi connectivity index (χ3v) is 3.57. The molecule has 0 aliphatic heterocycles. The van der Waals surface area contributed by atoms with Crippen molar-refractivity contribution in [3.63, 3.8) is 0 Å². The zero-order valence-corrected chi connectivity index (χ0v) is 11.6. The predicted octanol–water partition coefficient (Wildman–Crippen LogP) is 3.05. The van der Waals surface area contributed by atoms with E-state index in [1.54, 1.807) is 12.3 Å². The Morgan fingerprint density at radius 2 is 2.10 bits per heavy atom. The number of halogens is 1. The number of para-hydroxylation sites is 2. The summed E-state index contributed by atoms with van der Waals surface area (Å²) in [5.41, 5.74) is 2.38. The van der Waals surface area contributed by atoms with Gasteiger partial charge in [0.2, 0.25) is 0 Å². The molecule has 3 rings (SSSR count). The first-order valence-corrected chi connectivity index (χ1v) is 6.57. The highest BCUT2D eigenvalue weighted by atomic mass is 35.5. The molecule has 0 atom stereocenters. The molecule has 0 aliphatic rings.